The third kappa shape index (κ3) is 1.13. The van der Waals surface area contributed by atoms with E-state index < -0.39 is 5.79 Å². The van der Waals surface area contributed by atoms with E-state index in [1.165, 1.54) is 5.56 Å². The van der Waals surface area contributed by atoms with Crippen LogP contribution in [0.15, 0.2) is 18.2 Å². The summed E-state index contributed by atoms with van der Waals surface area (Å²) in [6.45, 7) is 5.85. The molecule has 0 atom stereocenters. The van der Waals surface area contributed by atoms with Gasteiger partial charge >= 0.3 is 0 Å². The molecule has 12 heavy (non-hydrogen) atoms. The molecule has 0 fully saturated rings. The molecule has 2 rings (SSSR count). The highest BCUT2D eigenvalue weighted by Gasteiger charge is 2.31. The first-order valence-electron chi connectivity index (χ1n) is 4.05. The van der Waals surface area contributed by atoms with Gasteiger partial charge in [0, 0.05) is 13.8 Å². The Hall–Kier alpha value is -1.18. The van der Waals surface area contributed by atoms with Gasteiger partial charge in [-0.15, -0.1) is 0 Å². The normalized spacial score (nSPS) is 17.9. The topological polar surface area (TPSA) is 18.5 Å². The van der Waals surface area contributed by atoms with Crippen molar-refractivity contribution in [3.63, 3.8) is 0 Å². The van der Waals surface area contributed by atoms with Crippen molar-refractivity contribution >= 4 is 0 Å². The molecule has 1 aromatic rings. The van der Waals surface area contributed by atoms with Gasteiger partial charge < -0.3 is 9.47 Å². The molecule has 0 radical (unpaired) electrons. The zero-order chi connectivity index (χ0) is 8.77. The van der Waals surface area contributed by atoms with E-state index in [4.69, 9.17) is 9.47 Å². The van der Waals surface area contributed by atoms with Gasteiger partial charge in [-0.2, -0.15) is 0 Å². The molecular formula is C10H12O2. The minimum absolute atomic E-state index is 0.504. The first-order chi connectivity index (χ1) is 5.57. The molecule has 0 bridgehead atoms. The quantitative estimate of drug-likeness (QED) is 0.586. The Morgan fingerprint density at radius 2 is 1.75 bits per heavy atom. The highest BCUT2D eigenvalue weighted by molar-refractivity contribution is 5.45. The Kier molecular flexibility index (Phi) is 1.34. The number of aryl methyl sites for hydroxylation is 1. The zero-order valence-corrected chi connectivity index (χ0v) is 7.55. The lowest BCUT2D eigenvalue weighted by Crippen LogP contribution is -2.29. The third-order valence-corrected chi connectivity index (χ3v) is 1.81. The fourth-order valence-corrected chi connectivity index (χ4v) is 1.33. The van der Waals surface area contributed by atoms with Crippen molar-refractivity contribution in [2.24, 2.45) is 0 Å². The van der Waals surface area contributed by atoms with E-state index in [1.54, 1.807) is 0 Å². The molecule has 1 aromatic carbocycles. The van der Waals surface area contributed by atoms with E-state index >= 15 is 0 Å². The van der Waals surface area contributed by atoms with Crippen LogP contribution in [0.5, 0.6) is 11.5 Å². The average Bonchev–Trinajstić information content (AvgIpc) is 2.21. The largest absolute Gasteiger partial charge is 0.449 e. The minimum atomic E-state index is -0.504. The monoisotopic (exact) mass is 164 g/mol. The van der Waals surface area contributed by atoms with Crippen LogP contribution < -0.4 is 9.47 Å². The van der Waals surface area contributed by atoms with Crippen molar-refractivity contribution in [1.29, 1.82) is 0 Å². The van der Waals surface area contributed by atoms with Gasteiger partial charge in [-0.1, -0.05) is 6.07 Å². The summed E-state index contributed by atoms with van der Waals surface area (Å²) < 4.78 is 11.1. The van der Waals surface area contributed by atoms with E-state index in [0.717, 1.165) is 11.5 Å². The van der Waals surface area contributed by atoms with Gasteiger partial charge in [-0.25, -0.2) is 0 Å². The van der Waals surface area contributed by atoms with Crippen molar-refractivity contribution in [2.75, 3.05) is 0 Å². The van der Waals surface area contributed by atoms with Crippen molar-refractivity contribution in [1.82, 2.24) is 0 Å². The Labute approximate surface area is 72.1 Å². The number of rotatable bonds is 0. The number of ether oxygens (including phenoxy) is 2. The highest BCUT2D eigenvalue weighted by Crippen LogP contribution is 2.39. The van der Waals surface area contributed by atoms with Crippen LogP contribution in [0.2, 0.25) is 0 Å². The maximum absolute atomic E-state index is 5.55. The summed E-state index contributed by atoms with van der Waals surface area (Å²) in [5.41, 5.74) is 1.19. The SMILES string of the molecule is Cc1ccc2c(c1)OC(C)(C)O2. The Morgan fingerprint density at radius 1 is 1.08 bits per heavy atom. The molecule has 0 saturated heterocycles. The molecule has 0 spiro atoms. The number of fused-ring (bicyclic) bond motifs is 1. The van der Waals surface area contributed by atoms with Crippen LogP contribution >= 0.6 is 0 Å². The van der Waals surface area contributed by atoms with Crippen molar-refractivity contribution in [3.05, 3.63) is 23.8 Å². The summed E-state index contributed by atoms with van der Waals surface area (Å²) in [5, 5.41) is 0. The van der Waals surface area contributed by atoms with Crippen molar-refractivity contribution in [3.8, 4) is 11.5 Å². The molecule has 0 amide bonds. The summed E-state index contributed by atoms with van der Waals surface area (Å²) in [6.07, 6.45) is 0. The lowest BCUT2D eigenvalue weighted by molar-refractivity contribution is -0.0431. The second kappa shape index (κ2) is 2.16. The van der Waals surface area contributed by atoms with Crippen LogP contribution in [-0.2, 0) is 0 Å². The maximum atomic E-state index is 5.55. The maximum Gasteiger partial charge on any atom is 0.246 e. The molecular weight excluding hydrogens is 152 g/mol. The van der Waals surface area contributed by atoms with E-state index in [2.05, 4.69) is 0 Å². The van der Waals surface area contributed by atoms with Crippen molar-refractivity contribution in [2.45, 2.75) is 26.6 Å². The zero-order valence-electron chi connectivity index (χ0n) is 7.55. The van der Waals surface area contributed by atoms with Crippen molar-refractivity contribution < 1.29 is 9.47 Å². The predicted octanol–water partition coefficient (Wildman–Crippen LogP) is 2.50. The van der Waals surface area contributed by atoms with Crippen LogP contribution in [-0.4, -0.2) is 5.79 Å². The summed E-state index contributed by atoms with van der Waals surface area (Å²) in [7, 11) is 0. The molecule has 2 heteroatoms. The summed E-state index contributed by atoms with van der Waals surface area (Å²) in [5.74, 6) is 1.18. The molecule has 1 aliphatic rings. The van der Waals surface area contributed by atoms with Crippen LogP contribution in [0.25, 0.3) is 0 Å². The first-order valence-corrected chi connectivity index (χ1v) is 4.05. The number of hydrogen-bond acceptors (Lipinski definition) is 2. The lowest BCUT2D eigenvalue weighted by Gasteiger charge is -2.16. The van der Waals surface area contributed by atoms with Gasteiger partial charge in [-0.3, -0.25) is 0 Å². The molecule has 1 aliphatic heterocycles. The van der Waals surface area contributed by atoms with Gasteiger partial charge in [0.2, 0.25) is 5.79 Å². The summed E-state index contributed by atoms with van der Waals surface area (Å²) >= 11 is 0. The molecule has 1 heterocycles. The van der Waals surface area contributed by atoms with Crippen LogP contribution in [0, 0.1) is 6.92 Å². The molecule has 0 unspecified atom stereocenters. The fraction of sp³-hybridized carbons (Fsp3) is 0.400. The van der Waals surface area contributed by atoms with Gasteiger partial charge in [0.15, 0.2) is 11.5 Å². The average molecular weight is 164 g/mol. The van der Waals surface area contributed by atoms with Gasteiger partial charge in [0.05, 0.1) is 0 Å². The standard InChI is InChI=1S/C10H12O2/c1-7-4-5-8-9(6-7)12-10(2,3)11-8/h4-6H,1-3H3. The second-order valence-electron chi connectivity index (χ2n) is 3.55. The molecule has 0 aliphatic carbocycles. The Morgan fingerprint density at radius 3 is 2.50 bits per heavy atom. The second-order valence-corrected chi connectivity index (χ2v) is 3.55. The smallest absolute Gasteiger partial charge is 0.246 e. The molecule has 0 N–H and O–H groups in total. The first kappa shape index (κ1) is 7.47. The van der Waals surface area contributed by atoms with E-state index in [-0.39, 0.29) is 0 Å². The third-order valence-electron chi connectivity index (χ3n) is 1.81. The summed E-state index contributed by atoms with van der Waals surface area (Å²) in [4.78, 5) is 0. The number of benzene rings is 1. The molecule has 0 saturated carbocycles. The Bertz CT molecular complexity index is 316. The van der Waals surface area contributed by atoms with Gasteiger partial charge in [-0.05, 0) is 24.6 Å². The van der Waals surface area contributed by atoms with E-state index in [9.17, 15) is 0 Å². The van der Waals surface area contributed by atoms with Crippen LogP contribution in [0.3, 0.4) is 0 Å². The lowest BCUT2D eigenvalue weighted by atomic mass is 10.2. The van der Waals surface area contributed by atoms with Crippen LogP contribution in [0.1, 0.15) is 19.4 Å². The van der Waals surface area contributed by atoms with E-state index in [0.29, 0.717) is 0 Å². The fourth-order valence-electron chi connectivity index (χ4n) is 1.33. The minimum Gasteiger partial charge on any atom is -0.449 e. The number of hydrogen-bond donors (Lipinski definition) is 0. The van der Waals surface area contributed by atoms with Gasteiger partial charge in [0.1, 0.15) is 0 Å². The van der Waals surface area contributed by atoms with Crippen LogP contribution in [0.4, 0.5) is 0 Å². The highest BCUT2D eigenvalue weighted by atomic mass is 16.7. The van der Waals surface area contributed by atoms with Gasteiger partial charge in [0.25, 0.3) is 0 Å². The Balaban J connectivity index is 2.43. The summed E-state index contributed by atoms with van der Waals surface area (Å²) in [6, 6.07) is 5.95. The molecule has 64 valence electrons. The molecule has 0 aromatic heterocycles. The molecule has 2 nitrogen and oxygen atoms in total. The predicted molar refractivity (Wildman–Crippen MR) is 46.5 cm³/mol. The van der Waals surface area contributed by atoms with E-state index in [1.807, 2.05) is 39.0 Å².